The molecule has 1 radical (unpaired) electrons. The zero-order valence-corrected chi connectivity index (χ0v) is 15.6. The minimum absolute atomic E-state index is 0. The maximum Gasteiger partial charge on any atom is 3.00 e. The summed E-state index contributed by atoms with van der Waals surface area (Å²) in [4.78, 5) is 27.3. The van der Waals surface area contributed by atoms with Crippen LogP contribution in [0.1, 0.15) is 0 Å². The number of aliphatic carboxylic acids is 3. The molecule has 0 rings (SSSR count). The first-order valence-electron chi connectivity index (χ1n) is 5.56. The molecule has 6 nitrogen and oxygen atoms in total. The van der Waals surface area contributed by atoms with Gasteiger partial charge in [-0.25, -0.2) is 0 Å². The summed E-state index contributed by atoms with van der Waals surface area (Å²) < 4.78 is 166. The summed E-state index contributed by atoms with van der Waals surface area (Å²) in [7, 11) is 0. The molecule has 0 unspecified atom stereocenters. The Labute approximate surface area is 190 Å². The van der Waals surface area contributed by atoms with Gasteiger partial charge in [-0.15, -0.1) is 0 Å². The van der Waals surface area contributed by atoms with Crippen LogP contribution in [0.15, 0.2) is 0 Å². The van der Waals surface area contributed by atoms with Gasteiger partial charge in [0.2, 0.25) is 0 Å². The fourth-order valence-corrected chi connectivity index (χ4v) is 0.347. The fourth-order valence-electron chi connectivity index (χ4n) is 0.347. The molecule has 0 fully saturated rings. The summed E-state index contributed by atoms with van der Waals surface area (Å²) in [6.07, 6.45) is -18.2. The van der Waals surface area contributed by atoms with Gasteiger partial charge in [0.05, 0.1) is 0 Å². The van der Waals surface area contributed by atoms with Crippen LogP contribution in [0.3, 0.4) is 0 Å². The summed E-state index contributed by atoms with van der Waals surface area (Å²) in [6, 6.07) is 0. The average molecular weight is 639 g/mol. The van der Waals surface area contributed by atoms with Crippen LogP contribution < -0.4 is 15.3 Å². The molecular formula is C9F15O6Sm. The normalized spacial score (nSPS) is 12.9. The molecule has 22 heteroatoms. The van der Waals surface area contributed by atoms with Crippen LogP contribution in [0.25, 0.3) is 0 Å². The molecule has 0 amide bonds. The van der Waals surface area contributed by atoms with Crippen LogP contribution in [0, 0.1) is 40.4 Å². The second-order valence-electron chi connectivity index (χ2n) is 4.08. The third-order valence-corrected chi connectivity index (χ3v) is 1.84. The largest absolute Gasteiger partial charge is 3.00 e. The van der Waals surface area contributed by atoms with E-state index in [1.807, 2.05) is 0 Å². The Balaban J connectivity index is -0.000000174. The molecule has 0 saturated carbocycles. The van der Waals surface area contributed by atoms with Gasteiger partial charge in [0.15, 0.2) is 0 Å². The third-order valence-electron chi connectivity index (χ3n) is 1.84. The number of rotatable bonds is 3. The van der Waals surface area contributed by atoms with E-state index in [0.717, 1.165) is 0 Å². The van der Waals surface area contributed by atoms with E-state index in [4.69, 9.17) is 29.7 Å². The van der Waals surface area contributed by atoms with Crippen molar-refractivity contribution in [2.24, 2.45) is 0 Å². The van der Waals surface area contributed by atoms with Crippen molar-refractivity contribution >= 4 is 17.9 Å². The predicted octanol–water partition coefficient (Wildman–Crippen LogP) is -0.198. The molecule has 0 aromatic heterocycles. The van der Waals surface area contributed by atoms with Crippen molar-refractivity contribution in [3.05, 3.63) is 0 Å². The molecule has 0 N–H and O–H groups in total. The van der Waals surface area contributed by atoms with Gasteiger partial charge in [0.25, 0.3) is 0 Å². The quantitative estimate of drug-likeness (QED) is 0.395. The second kappa shape index (κ2) is 11.5. The second-order valence-corrected chi connectivity index (χ2v) is 4.08. The first-order valence-corrected chi connectivity index (χ1v) is 5.56. The van der Waals surface area contributed by atoms with Gasteiger partial charge in [-0.3, -0.25) is 0 Å². The smallest absolute Gasteiger partial charge is 0.544 e. The first kappa shape index (κ1) is 37.0. The molecular weight excluding hydrogens is 639 g/mol. The van der Waals surface area contributed by atoms with Crippen molar-refractivity contribution in [2.75, 3.05) is 0 Å². The number of carboxylic acid groups (broad SMARTS) is 3. The van der Waals surface area contributed by atoms with E-state index in [1.165, 1.54) is 0 Å². The molecule has 31 heavy (non-hydrogen) atoms. The maximum absolute atomic E-state index is 11.3. The average Bonchev–Trinajstić information content (AvgIpc) is 2.44. The first-order chi connectivity index (χ1) is 12.6. The summed E-state index contributed by atoms with van der Waals surface area (Å²) in [5, 5.41) is 27.3. The van der Waals surface area contributed by atoms with Crippen LogP contribution in [0.4, 0.5) is 65.9 Å². The topological polar surface area (TPSA) is 120 Å². The zero-order chi connectivity index (χ0) is 25.7. The van der Waals surface area contributed by atoms with Crippen molar-refractivity contribution in [2.45, 2.75) is 36.3 Å². The number of halogens is 15. The molecule has 0 aromatic carbocycles. The zero-order valence-electron chi connectivity index (χ0n) is 13.0. The van der Waals surface area contributed by atoms with Crippen LogP contribution in [0.2, 0.25) is 0 Å². The minimum Gasteiger partial charge on any atom is -0.544 e. The van der Waals surface area contributed by atoms with E-state index < -0.39 is 54.2 Å². The van der Waals surface area contributed by atoms with Crippen molar-refractivity contribution in [3.8, 4) is 0 Å². The molecule has 183 valence electrons. The van der Waals surface area contributed by atoms with Gasteiger partial charge < -0.3 is 29.7 Å². The number of alkyl halides is 15. The van der Waals surface area contributed by atoms with E-state index in [1.54, 1.807) is 0 Å². The van der Waals surface area contributed by atoms with Crippen molar-refractivity contribution in [3.63, 3.8) is 0 Å². The molecule has 0 bridgehead atoms. The monoisotopic (exact) mass is 641 g/mol. The SMILES string of the molecule is O=C([O-])C(F)(F)C(F)(F)F.O=C([O-])C(F)(F)C(F)(F)F.O=C([O-])C(F)(F)C(F)(F)F.[Sm+3]. The van der Waals surface area contributed by atoms with Gasteiger partial charge in [-0.2, -0.15) is 65.9 Å². The Hall–Kier alpha value is -1.30. The number of carboxylic acids is 3. The van der Waals surface area contributed by atoms with Crippen LogP contribution >= 0.6 is 0 Å². The third kappa shape index (κ3) is 10.7. The Bertz CT molecular complexity index is 534. The molecule has 0 aliphatic heterocycles. The number of carbonyl (C=O) groups is 3. The Morgan fingerprint density at radius 2 is 0.484 bits per heavy atom. The van der Waals surface area contributed by atoms with E-state index >= 15 is 0 Å². The molecule has 0 spiro atoms. The number of hydrogen-bond acceptors (Lipinski definition) is 6. The fraction of sp³-hybridized carbons (Fsp3) is 0.667. The number of hydrogen-bond donors (Lipinski definition) is 0. The van der Waals surface area contributed by atoms with E-state index in [9.17, 15) is 65.9 Å². The molecule has 0 heterocycles. The van der Waals surface area contributed by atoms with Gasteiger partial charge in [-0.1, -0.05) is 0 Å². The van der Waals surface area contributed by atoms with E-state index in [0.29, 0.717) is 0 Å². The minimum atomic E-state index is -6.08. The van der Waals surface area contributed by atoms with Crippen molar-refractivity contribution in [1.82, 2.24) is 0 Å². The van der Waals surface area contributed by atoms with Crippen LogP contribution in [-0.2, 0) is 14.4 Å². The molecule has 0 aliphatic carbocycles. The summed E-state index contributed by atoms with van der Waals surface area (Å²) in [5.41, 5.74) is 0. The van der Waals surface area contributed by atoms with Crippen molar-refractivity contribution in [1.29, 1.82) is 0 Å². The van der Waals surface area contributed by atoms with Crippen LogP contribution in [-0.4, -0.2) is 54.2 Å². The molecule has 0 aromatic rings. The standard InChI is InChI=1S/3C3HF5O2.Sm/c3*4-2(5,1(9)10)3(6,7)8;/h3*(H,9,10);/q;;;+3/p-3. The van der Waals surface area contributed by atoms with Gasteiger partial charge in [0.1, 0.15) is 17.9 Å². The summed E-state index contributed by atoms with van der Waals surface area (Å²) in [5.74, 6) is -27.6. The van der Waals surface area contributed by atoms with Gasteiger partial charge >= 0.3 is 76.7 Å². The van der Waals surface area contributed by atoms with E-state index in [-0.39, 0.29) is 40.4 Å². The Kier molecular flexibility index (Phi) is 13.8. The summed E-state index contributed by atoms with van der Waals surface area (Å²) >= 11 is 0. The Morgan fingerprint density at radius 3 is 0.484 bits per heavy atom. The Morgan fingerprint density at radius 1 is 0.387 bits per heavy atom. The van der Waals surface area contributed by atoms with Gasteiger partial charge in [-0.05, 0) is 0 Å². The predicted molar refractivity (Wildman–Crippen MR) is 48.0 cm³/mol. The van der Waals surface area contributed by atoms with E-state index in [2.05, 4.69) is 0 Å². The molecule has 0 saturated heterocycles. The van der Waals surface area contributed by atoms with Crippen LogP contribution in [0.5, 0.6) is 0 Å². The van der Waals surface area contributed by atoms with Gasteiger partial charge in [0, 0.05) is 0 Å². The van der Waals surface area contributed by atoms with Crippen molar-refractivity contribution < 1.29 is 136 Å². The maximum atomic E-state index is 11.3. The molecule has 0 atom stereocenters. The summed E-state index contributed by atoms with van der Waals surface area (Å²) in [6.45, 7) is 0. The number of carbonyl (C=O) groups excluding carboxylic acids is 3. The molecule has 0 aliphatic rings.